The molecule has 0 spiro atoms. The van der Waals surface area contributed by atoms with Crippen molar-refractivity contribution in [3.05, 3.63) is 23.4 Å². The van der Waals surface area contributed by atoms with Crippen molar-refractivity contribution in [2.75, 3.05) is 6.61 Å². The van der Waals surface area contributed by atoms with Crippen LogP contribution in [0.3, 0.4) is 0 Å². The summed E-state index contributed by atoms with van der Waals surface area (Å²) in [6, 6.07) is 3.62. The molecule has 0 aromatic carbocycles. The van der Waals surface area contributed by atoms with Crippen molar-refractivity contribution in [3.8, 4) is 5.88 Å². The number of hydrogen-bond acceptors (Lipinski definition) is 3. The van der Waals surface area contributed by atoms with Gasteiger partial charge in [-0.2, -0.15) is 0 Å². The maximum absolute atomic E-state index is 5.53. The van der Waals surface area contributed by atoms with Crippen molar-refractivity contribution in [2.45, 2.75) is 20.3 Å². The number of aromatic nitrogens is 1. The molecule has 0 fully saturated rings. The van der Waals surface area contributed by atoms with Gasteiger partial charge >= 0.3 is 0 Å². The van der Waals surface area contributed by atoms with E-state index in [9.17, 15) is 0 Å². The van der Waals surface area contributed by atoms with E-state index in [0.29, 0.717) is 17.5 Å². The van der Waals surface area contributed by atoms with E-state index >= 15 is 0 Å². The van der Waals surface area contributed by atoms with Crippen LogP contribution in [-0.2, 0) is 0 Å². The summed E-state index contributed by atoms with van der Waals surface area (Å²) in [6.07, 6.45) is 0.956. The molecule has 14 heavy (non-hydrogen) atoms. The van der Waals surface area contributed by atoms with E-state index in [0.717, 1.165) is 17.7 Å². The highest BCUT2D eigenvalue weighted by Gasteiger charge is 2.02. The summed E-state index contributed by atoms with van der Waals surface area (Å²) in [7, 11) is 0. The highest BCUT2D eigenvalue weighted by atomic mass is 32.1. The van der Waals surface area contributed by atoms with Crippen molar-refractivity contribution in [2.24, 2.45) is 5.73 Å². The Kier molecular flexibility index (Phi) is 3.83. The van der Waals surface area contributed by atoms with Crippen LogP contribution in [0.25, 0.3) is 0 Å². The van der Waals surface area contributed by atoms with Crippen LogP contribution in [0.2, 0.25) is 0 Å². The molecule has 0 atom stereocenters. The molecule has 0 radical (unpaired) electrons. The molecule has 0 saturated heterocycles. The van der Waals surface area contributed by atoms with Crippen molar-refractivity contribution in [3.63, 3.8) is 0 Å². The van der Waals surface area contributed by atoms with Gasteiger partial charge in [-0.1, -0.05) is 19.1 Å². The Hall–Kier alpha value is -1.16. The minimum absolute atomic E-state index is 0.372. The molecule has 0 bridgehead atoms. The van der Waals surface area contributed by atoms with Crippen LogP contribution in [0, 0.1) is 6.92 Å². The van der Waals surface area contributed by atoms with Crippen molar-refractivity contribution >= 4 is 17.2 Å². The van der Waals surface area contributed by atoms with Gasteiger partial charge in [0.1, 0.15) is 4.99 Å². The Morgan fingerprint density at radius 3 is 2.86 bits per heavy atom. The topological polar surface area (TPSA) is 48.1 Å². The van der Waals surface area contributed by atoms with Crippen molar-refractivity contribution < 1.29 is 4.74 Å². The molecule has 1 rings (SSSR count). The van der Waals surface area contributed by atoms with Gasteiger partial charge in [-0.3, -0.25) is 0 Å². The Labute approximate surface area is 89.3 Å². The van der Waals surface area contributed by atoms with Gasteiger partial charge in [0.25, 0.3) is 0 Å². The smallest absolute Gasteiger partial charge is 0.214 e. The SMILES string of the molecule is CCCOc1cc(C(N)=S)cc(C)n1. The third kappa shape index (κ3) is 2.96. The predicted molar refractivity (Wildman–Crippen MR) is 60.6 cm³/mol. The third-order valence-electron chi connectivity index (χ3n) is 1.67. The monoisotopic (exact) mass is 210 g/mol. The molecule has 0 saturated carbocycles. The van der Waals surface area contributed by atoms with Crippen molar-refractivity contribution in [1.82, 2.24) is 4.98 Å². The average Bonchev–Trinajstić information content (AvgIpc) is 2.14. The molecule has 0 aliphatic heterocycles. The largest absolute Gasteiger partial charge is 0.478 e. The molecule has 76 valence electrons. The summed E-state index contributed by atoms with van der Waals surface area (Å²) >= 11 is 4.89. The highest BCUT2D eigenvalue weighted by molar-refractivity contribution is 7.80. The second-order valence-electron chi connectivity index (χ2n) is 3.05. The van der Waals surface area contributed by atoms with Gasteiger partial charge in [0.15, 0.2) is 0 Å². The Bertz CT molecular complexity index is 339. The number of thiocarbonyl (C=S) groups is 1. The third-order valence-corrected chi connectivity index (χ3v) is 1.90. The summed E-state index contributed by atoms with van der Waals surface area (Å²) in [5, 5.41) is 0. The molecule has 1 aromatic heterocycles. The van der Waals surface area contributed by atoms with Gasteiger partial charge in [0, 0.05) is 17.3 Å². The first-order chi connectivity index (χ1) is 6.63. The van der Waals surface area contributed by atoms with E-state index in [2.05, 4.69) is 4.98 Å². The Morgan fingerprint density at radius 1 is 1.57 bits per heavy atom. The fourth-order valence-electron chi connectivity index (χ4n) is 1.06. The maximum atomic E-state index is 5.53. The van der Waals surface area contributed by atoms with E-state index < -0.39 is 0 Å². The standard InChI is InChI=1S/C10H14N2OS/c1-3-4-13-9-6-8(10(11)14)5-7(2)12-9/h5-6H,3-4H2,1-2H3,(H2,11,14). The number of hydrogen-bond donors (Lipinski definition) is 1. The van der Waals surface area contributed by atoms with Gasteiger partial charge in [-0.25, -0.2) is 4.98 Å². The van der Waals surface area contributed by atoms with Crippen molar-refractivity contribution in [1.29, 1.82) is 0 Å². The first-order valence-corrected chi connectivity index (χ1v) is 4.95. The highest BCUT2D eigenvalue weighted by Crippen LogP contribution is 2.12. The van der Waals surface area contributed by atoms with Crippen LogP contribution >= 0.6 is 12.2 Å². The number of ether oxygens (including phenoxy) is 1. The molecule has 4 heteroatoms. The zero-order chi connectivity index (χ0) is 10.6. The van der Waals surface area contributed by atoms with E-state index in [-0.39, 0.29) is 0 Å². The first kappa shape index (κ1) is 10.9. The molecular formula is C10H14N2OS. The first-order valence-electron chi connectivity index (χ1n) is 4.54. The molecule has 3 nitrogen and oxygen atoms in total. The maximum Gasteiger partial charge on any atom is 0.214 e. The lowest BCUT2D eigenvalue weighted by Gasteiger charge is -2.06. The second-order valence-corrected chi connectivity index (χ2v) is 3.49. The number of pyridine rings is 1. The van der Waals surface area contributed by atoms with E-state index in [1.54, 1.807) is 6.07 Å². The zero-order valence-corrected chi connectivity index (χ0v) is 9.23. The molecule has 0 aliphatic rings. The fraction of sp³-hybridized carbons (Fsp3) is 0.400. The zero-order valence-electron chi connectivity index (χ0n) is 8.41. The normalized spacial score (nSPS) is 9.86. The lowest BCUT2D eigenvalue weighted by atomic mass is 10.2. The Balaban J connectivity index is 2.89. The Morgan fingerprint density at radius 2 is 2.29 bits per heavy atom. The summed E-state index contributed by atoms with van der Waals surface area (Å²) in [4.78, 5) is 4.59. The van der Waals surface area contributed by atoms with Crippen LogP contribution in [0.5, 0.6) is 5.88 Å². The lowest BCUT2D eigenvalue weighted by molar-refractivity contribution is 0.304. The number of rotatable bonds is 4. The van der Waals surface area contributed by atoms with E-state index in [1.165, 1.54) is 0 Å². The number of nitrogens with two attached hydrogens (primary N) is 1. The van der Waals surface area contributed by atoms with Crippen LogP contribution in [0.1, 0.15) is 24.6 Å². The fourth-order valence-corrected chi connectivity index (χ4v) is 1.18. The molecule has 0 aliphatic carbocycles. The van der Waals surface area contributed by atoms with Crippen LogP contribution in [0.4, 0.5) is 0 Å². The predicted octanol–water partition coefficient (Wildman–Crippen LogP) is 1.81. The molecule has 2 N–H and O–H groups in total. The molecule has 1 aromatic rings. The van der Waals surface area contributed by atoms with E-state index in [4.69, 9.17) is 22.7 Å². The number of nitrogens with zero attached hydrogens (tertiary/aromatic N) is 1. The minimum atomic E-state index is 0.372. The van der Waals surface area contributed by atoms with Crippen LogP contribution < -0.4 is 10.5 Å². The molecular weight excluding hydrogens is 196 g/mol. The molecule has 0 amide bonds. The van der Waals surface area contributed by atoms with Crippen LogP contribution in [0.15, 0.2) is 12.1 Å². The second kappa shape index (κ2) is 4.91. The summed E-state index contributed by atoms with van der Waals surface area (Å²) in [6.45, 7) is 4.60. The van der Waals surface area contributed by atoms with E-state index in [1.807, 2.05) is 19.9 Å². The minimum Gasteiger partial charge on any atom is -0.478 e. The van der Waals surface area contributed by atoms with Crippen LogP contribution in [-0.4, -0.2) is 16.6 Å². The summed E-state index contributed by atoms with van der Waals surface area (Å²) < 4.78 is 5.40. The van der Waals surface area contributed by atoms with Gasteiger partial charge in [-0.05, 0) is 19.4 Å². The molecule has 1 heterocycles. The summed E-state index contributed by atoms with van der Waals surface area (Å²) in [5.74, 6) is 0.592. The quantitative estimate of drug-likeness (QED) is 0.770. The average molecular weight is 210 g/mol. The summed E-state index contributed by atoms with van der Waals surface area (Å²) in [5.41, 5.74) is 7.19. The lowest BCUT2D eigenvalue weighted by Crippen LogP contribution is -2.10. The van der Waals surface area contributed by atoms with Gasteiger partial charge in [0.05, 0.1) is 6.61 Å². The number of aryl methyl sites for hydroxylation is 1. The van der Waals surface area contributed by atoms with Gasteiger partial charge in [0.2, 0.25) is 5.88 Å². The molecule has 0 unspecified atom stereocenters. The van der Waals surface area contributed by atoms with Gasteiger partial charge < -0.3 is 10.5 Å². The van der Waals surface area contributed by atoms with Gasteiger partial charge in [-0.15, -0.1) is 0 Å².